The predicted molar refractivity (Wildman–Crippen MR) is 72.9 cm³/mol. The number of ether oxygens (including phenoxy) is 1. The highest BCUT2D eigenvalue weighted by atomic mass is 16.5. The highest BCUT2D eigenvalue weighted by Gasteiger charge is 2.06. The summed E-state index contributed by atoms with van der Waals surface area (Å²) >= 11 is 0. The molecule has 0 saturated heterocycles. The van der Waals surface area contributed by atoms with Crippen LogP contribution < -0.4 is 4.74 Å². The van der Waals surface area contributed by atoms with Crippen LogP contribution >= 0.6 is 0 Å². The molecule has 0 N–H and O–H groups in total. The molecule has 0 aliphatic carbocycles. The number of rotatable bonds is 4. The van der Waals surface area contributed by atoms with Crippen LogP contribution in [0, 0.1) is 13.8 Å². The van der Waals surface area contributed by atoms with E-state index in [4.69, 9.17) is 4.74 Å². The molecule has 0 aliphatic heterocycles. The van der Waals surface area contributed by atoms with E-state index in [1.807, 2.05) is 23.0 Å². The summed E-state index contributed by atoms with van der Waals surface area (Å²) < 4.78 is 7.82. The van der Waals surface area contributed by atoms with Crippen molar-refractivity contribution in [1.29, 1.82) is 0 Å². The van der Waals surface area contributed by atoms with Crippen LogP contribution in [0.25, 0.3) is 0 Å². The Morgan fingerprint density at radius 1 is 1.17 bits per heavy atom. The zero-order valence-corrected chi connectivity index (χ0v) is 11.5. The van der Waals surface area contributed by atoms with E-state index in [9.17, 15) is 0 Å². The Balaban J connectivity index is 2.07. The summed E-state index contributed by atoms with van der Waals surface area (Å²) in [6, 6.07) is 8.57. The third kappa shape index (κ3) is 2.73. The first-order chi connectivity index (χ1) is 8.58. The predicted octanol–water partition coefficient (Wildman–Crippen LogP) is 3.66. The molecule has 1 aromatic carbocycles. The highest BCUT2D eigenvalue weighted by molar-refractivity contribution is 5.39. The fourth-order valence-electron chi connectivity index (χ4n) is 1.91. The average molecular weight is 244 g/mol. The zero-order chi connectivity index (χ0) is 13.1. The Hall–Kier alpha value is -1.77. The van der Waals surface area contributed by atoms with Crippen LogP contribution in [0.3, 0.4) is 0 Å². The number of benzene rings is 1. The smallest absolute Gasteiger partial charge is 0.132 e. The van der Waals surface area contributed by atoms with Gasteiger partial charge in [0, 0.05) is 12.2 Å². The molecule has 2 aromatic rings. The molecule has 0 saturated carbocycles. The minimum atomic E-state index is 0.388. The van der Waals surface area contributed by atoms with Crippen molar-refractivity contribution in [3.8, 4) is 5.75 Å². The lowest BCUT2D eigenvalue weighted by molar-refractivity contribution is 0.294. The van der Waals surface area contributed by atoms with E-state index in [0.29, 0.717) is 12.6 Å². The van der Waals surface area contributed by atoms with Crippen LogP contribution in [0.4, 0.5) is 0 Å². The molecular formula is C15H20N2O. The van der Waals surface area contributed by atoms with Crippen molar-refractivity contribution >= 4 is 0 Å². The molecule has 0 atom stereocenters. The lowest BCUT2D eigenvalue weighted by atomic mass is 10.1. The maximum atomic E-state index is 5.87. The van der Waals surface area contributed by atoms with Gasteiger partial charge in [-0.2, -0.15) is 5.10 Å². The van der Waals surface area contributed by atoms with E-state index < -0.39 is 0 Å². The zero-order valence-electron chi connectivity index (χ0n) is 11.5. The minimum Gasteiger partial charge on any atom is -0.487 e. The summed E-state index contributed by atoms with van der Waals surface area (Å²) in [4.78, 5) is 0. The average Bonchev–Trinajstić information content (AvgIpc) is 2.77. The SMILES string of the molecule is Cc1cccc(C)c1OCc1ccn(C(C)C)n1. The molecule has 0 spiro atoms. The van der Waals surface area contributed by atoms with Crippen molar-refractivity contribution < 1.29 is 4.74 Å². The number of nitrogens with zero attached hydrogens (tertiary/aromatic N) is 2. The van der Waals surface area contributed by atoms with Gasteiger partial charge in [-0.25, -0.2) is 0 Å². The molecule has 0 amide bonds. The highest BCUT2D eigenvalue weighted by Crippen LogP contribution is 2.23. The quantitative estimate of drug-likeness (QED) is 0.820. The van der Waals surface area contributed by atoms with E-state index >= 15 is 0 Å². The molecule has 0 radical (unpaired) electrons. The number of hydrogen-bond donors (Lipinski definition) is 0. The van der Waals surface area contributed by atoms with E-state index in [0.717, 1.165) is 11.4 Å². The van der Waals surface area contributed by atoms with Gasteiger partial charge in [0.05, 0.1) is 5.69 Å². The van der Waals surface area contributed by atoms with Gasteiger partial charge < -0.3 is 4.74 Å². The van der Waals surface area contributed by atoms with Crippen LogP contribution in [0.15, 0.2) is 30.5 Å². The van der Waals surface area contributed by atoms with Crippen LogP contribution in [0.5, 0.6) is 5.75 Å². The van der Waals surface area contributed by atoms with E-state index in [2.05, 4.69) is 44.9 Å². The Morgan fingerprint density at radius 3 is 2.39 bits per heavy atom. The lowest BCUT2D eigenvalue weighted by Crippen LogP contribution is -2.04. The van der Waals surface area contributed by atoms with E-state index in [1.54, 1.807) is 0 Å². The number of aryl methyl sites for hydroxylation is 2. The molecule has 3 nitrogen and oxygen atoms in total. The van der Waals surface area contributed by atoms with Crippen LogP contribution in [0.2, 0.25) is 0 Å². The fraction of sp³-hybridized carbons (Fsp3) is 0.400. The van der Waals surface area contributed by atoms with Crippen molar-refractivity contribution in [2.24, 2.45) is 0 Å². The van der Waals surface area contributed by atoms with Gasteiger partial charge in [-0.15, -0.1) is 0 Å². The Bertz CT molecular complexity index is 509. The van der Waals surface area contributed by atoms with Crippen molar-refractivity contribution in [3.05, 3.63) is 47.3 Å². The molecule has 96 valence electrons. The minimum absolute atomic E-state index is 0.388. The van der Waals surface area contributed by atoms with Crippen LogP contribution in [-0.4, -0.2) is 9.78 Å². The third-order valence-corrected chi connectivity index (χ3v) is 2.97. The Labute approximate surface area is 108 Å². The standard InChI is InChI=1S/C15H20N2O/c1-11(2)17-9-8-14(16-17)10-18-15-12(3)6-5-7-13(15)4/h5-9,11H,10H2,1-4H3. The van der Waals surface area contributed by atoms with Gasteiger partial charge in [0.15, 0.2) is 0 Å². The molecule has 1 heterocycles. The maximum Gasteiger partial charge on any atom is 0.132 e. The molecule has 0 aliphatic rings. The maximum absolute atomic E-state index is 5.87. The summed E-state index contributed by atoms with van der Waals surface area (Å²) in [5.41, 5.74) is 3.29. The molecule has 3 heteroatoms. The topological polar surface area (TPSA) is 27.1 Å². The summed E-state index contributed by atoms with van der Waals surface area (Å²) in [5, 5.41) is 4.48. The normalized spacial score (nSPS) is 10.9. The first kappa shape index (κ1) is 12.7. The summed E-state index contributed by atoms with van der Waals surface area (Å²) in [6.07, 6.45) is 1.99. The van der Waals surface area contributed by atoms with Crippen molar-refractivity contribution in [3.63, 3.8) is 0 Å². The lowest BCUT2D eigenvalue weighted by Gasteiger charge is -2.10. The van der Waals surface area contributed by atoms with E-state index in [-0.39, 0.29) is 0 Å². The van der Waals surface area contributed by atoms with Crippen molar-refractivity contribution in [1.82, 2.24) is 9.78 Å². The van der Waals surface area contributed by atoms with Crippen molar-refractivity contribution in [2.75, 3.05) is 0 Å². The summed E-state index contributed by atoms with van der Waals surface area (Å²) in [6.45, 7) is 8.88. The molecule has 1 aromatic heterocycles. The first-order valence-corrected chi connectivity index (χ1v) is 6.31. The molecular weight excluding hydrogens is 224 g/mol. The van der Waals surface area contributed by atoms with Gasteiger partial charge >= 0.3 is 0 Å². The van der Waals surface area contributed by atoms with Gasteiger partial charge in [0.25, 0.3) is 0 Å². The van der Waals surface area contributed by atoms with E-state index in [1.165, 1.54) is 11.1 Å². The molecule has 2 rings (SSSR count). The second-order valence-electron chi connectivity index (χ2n) is 4.89. The van der Waals surface area contributed by atoms with Crippen LogP contribution in [-0.2, 0) is 6.61 Å². The largest absolute Gasteiger partial charge is 0.487 e. The van der Waals surface area contributed by atoms with Crippen molar-refractivity contribution in [2.45, 2.75) is 40.3 Å². The Kier molecular flexibility index (Phi) is 3.70. The molecule has 18 heavy (non-hydrogen) atoms. The number of hydrogen-bond acceptors (Lipinski definition) is 2. The second kappa shape index (κ2) is 5.25. The van der Waals surface area contributed by atoms with Gasteiger partial charge in [0.1, 0.15) is 12.4 Å². The third-order valence-electron chi connectivity index (χ3n) is 2.97. The second-order valence-corrected chi connectivity index (χ2v) is 4.89. The number of para-hydroxylation sites is 1. The summed E-state index contributed by atoms with van der Waals surface area (Å²) in [5.74, 6) is 0.969. The first-order valence-electron chi connectivity index (χ1n) is 6.31. The monoisotopic (exact) mass is 244 g/mol. The Morgan fingerprint density at radius 2 is 1.83 bits per heavy atom. The van der Waals surface area contributed by atoms with Gasteiger partial charge in [-0.3, -0.25) is 4.68 Å². The molecule has 0 unspecified atom stereocenters. The molecule has 0 bridgehead atoms. The van der Waals surface area contributed by atoms with Gasteiger partial charge in [-0.05, 0) is 44.9 Å². The summed E-state index contributed by atoms with van der Waals surface area (Å²) in [7, 11) is 0. The molecule has 0 fully saturated rings. The van der Waals surface area contributed by atoms with Gasteiger partial charge in [0.2, 0.25) is 0 Å². The van der Waals surface area contributed by atoms with Crippen LogP contribution in [0.1, 0.15) is 36.7 Å². The van der Waals surface area contributed by atoms with Gasteiger partial charge in [-0.1, -0.05) is 18.2 Å². The number of aromatic nitrogens is 2. The fourth-order valence-corrected chi connectivity index (χ4v) is 1.91.